The maximum Gasteiger partial charge on any atom is 0.0101 e. The zero-order valence-corrected chi connectivity index (χ0v) is 12.5. The Morgan fingerprint density at radius 1 is 1.25 bits per heavy atom. The number of piperidine rings is 1. The van der Waals surface area contributed by atoms with E-state index in [0.717, 1.165) is 30.7 Å². The van der Waals surface area contributed by atoms with Gasteiger partial charge in [0.15, 0.2) is 0 Å². The van der Waals surface area contributed by atoms with Crippen molar-refractivity contribution in [2.24, 2.45) is 11.8 Å². The van der Waals surface area contributed by atoms with E-state index in [4.69, 9.17) is 6.42 Å². The normalized spacial score (nSPS) is 33.1. The van der Waals surface area contributed by atoms with Crippen molar-refractivity contribution < 1.29 is 0 Å². The van der Waals surface area contributed by atoms with Gasteiger partial charge in [-0.3, -0.25) is 0 Å². The van der Waals surface area contributed by atoms with Crippen LogP contribution >= 0.6 is 0 Å². The van der Waals surface area contributed by atoms with Crippen molar-refractivity contribution in [2.45, 2.75) is 63.5 Å². The lowest BCUT2D eigenvalue weighted by Crippen LogP contribution is -2.51. The van der Waals surface area contributed by atoms with Crippen LogP contribution in [0.1, 0.15) is 51.4 Å². The van der Waals surface area contributed by atoms with Crippen LogP contribution in [-0.4, -0.2) is 12.1 Å². The lowest BCUT2D eigenvalue weighted by molar-refractivity contribution is 0.114. The zero-order chi connectivity index (χ0) is 14.2. The third-order valence-corrected chi connectivity index (χ3v) is 4.97. The maximum absolute atomic E-state index is 5.29. The molecule has 1 nitrogen and oxygen atoms in total. The molecule has 2 fully saturated rings. The van der Waals surface area contributed by atoms with Gasteiger partial charge < -0.3 is 5.32 Å². The average Bonchev–Trinajstić information content (AvgIpc) is 2.48. The summed E-state index contributed by atoms with van der Waals surface area (Å²) in [5.41, 5.74) is 2.87. The number of allylic oxidation sites excluding steroid dienone is 3. The minimum atomic E-state index is 0.695. The van der Waals surface area contributed by atoms with E-state index in [-0.39, 0.29) is 0 Å². The molecule has 0 radical (unpaired) electrons. The lowest BCUT2D eigenvalue weighted by atomic mass is 9.69. The third-order valence-electron chi connectivity index (χ3n) is 4.97. The summed E-state index contributed by atoms with van der Waals surface area (Å²) >= 11 is 0. The Labute approximate surface area is 124 Å². The molecule has 20 heavy (non-hydrogen) atoms. The molecular formula is C19H27N. The first-order valence-electron chi connectivity index (χ1n) is 8.06. The summed E-state index contributed by atoms with van der Waals surface area (Å²) < 4.78 is 0. The van der Waals surface area contributed by atoms with E-state index in [1.54, 1.807) is 0 Å². The SMILES string of the molecule is C#C/C=C\C[C@H]1CCC[C@@H]2N[C@H](CCC=C=C)CC[C@@H]12. The summed E-state index contributed by atoms with van der Waals surface area (Å²) in [4.78, 5) is 0. The number of terminal acetylenes is 1. The van der Waals surface area contributed by atoms with Gasteiger partial charge in [-0.15, -0.1) is 12.2 Å². The zero-order valence-electron chi connectivity index (χ0n) is 12.5. The summed E-state index contributed by atoms with van der Waals surface area (Å²) in [6, 6.07) is 1.43. The monoisotopic (exact) mass is 269 g/mol. The van der Waals surface area contributed by atoms with Gasteiger partial charge in [-0.05, 0) is 68.9 Å². The van der Waals surface area contributed by atoms with Gasteiger partial charge in [-0.2, -0.15) is 0 Å². The molecule has 108 valence electrons. The largest absolute Gasteiger partial charge is 0.311 e. The molecule has 1 aliphatic heterocycles. The average molecular weight is 269 g/mol. The predicted molar refractivity (Wildman–Crippen MR) is 86.3 cm³/mol. The Bertz CT molecular complexity index is 408. The summed E-state index contributed by atoms with van der Waals surface area (Å²) in [6.45, 7) is 3.63. The van der Waals surface area contributed by atoms with E-state index in [1.165, 1.54) is 38.5 Å². The first-order chi connectivity index (χ1) is 9.85. The topological polar surface area (TPSA) is 12.0 Å². The van der Waals surface area contributed by atoms with Crippen LogP contribution in [0.15, 0.2) is 30.5 Å². The molecule has 0 bridgehead atoms. The van der Waals surface area contributed by atoms with Gasteiger partial charge >= 0.3 is 0 Å². The minimum absolute atomic E-state index is 0.695. The van der Waals surface area contributed by atoms with Crippen LogP contribution in [-0.2, 0) is 0 Å². The second kappa shape index (κ2) is 8.15. The van der Waals surface area contributed by atoms with Crippen molar-refractivity contribution in [3.05, 3.63) is 30.5 Å². The van der Waals surface area contributed by atoms with E-state index in [1.807, 2.05) is 6.08 Å². The quantitative estimate of drug-likeness (QED) is 0.582. The van der Waals surface area contributed by atoms with E-state index >= 15 is 0 Å². The van der Waals surface area contributed by atoms with Crippen molar-refractivity contribution in [3.8, 4) is 12.3 Å². The highest BCUT2D eigenvalue weighted by atomic mass is 15.0. The Morgan fingerprint density at radius 3 is 2.95 bits per heavy atom. The molecule has 1 aliphatic carbocycles. The molecule has 0 amide bonds. The van der Waals surface area contributed by atoms with Gasteiger partial charge in [0.2, 0.25) is 0 Å². The molecule has 4 atom stereocenters. The van der Waals surface area contributed by atoms with Crippen molar-refractivity contribution in [3.63, 3.8) is 0 Å². The second-order valence-electron chi connectivity index (χ2n) is 6.19. The number of nitrogens with one attached hydrogen (secondary N) is 1. The molecule has 0 aromatic carbocycles. The molecule has 0 aromatic rings. The van der Waals surface area contributed by atoms with Crippen LogP contribution in [0.4, 0.5) is 0 Å². The highest BCUT2D eigenvalue weighted by Gasteiger charge is 2.36. The van der Waals surface area contributed by atoms with E-state index < -0.39 is 0 Å². The predicted octanol–water partition coefficient (Wildman–Crippen LogP) is 4.22. The molecule has 0 spiro atoms. The highest BCUT2D eigenvalue weighted by Crippen LogP contribution is 2.39. The van der Waals surface area contributed by atoms with Gasteiger partial charge in [0.05, 0.1) is 0 Å². The van der Waals surface area contributed by atoms with Crippen molar-refractivity contribution >= 4 is 0 Å². The minimum Gasteiger partial charge on any atom is -0.311 e. The van der Waals surface area contributed by atoms with Gasteiger partial charge in [-0.1, -0.05) is 25.0 Å². The first-order valence-corrected chi connectivity index (χ1v) is 8.06. The standard InChI is InChI=1S/C19H27N/c1-3-5-7-10-16-11-9-13-19-18(16)15-14-17(20-19)12-8-6-4-2/h1,5-7,16-20H,2,8-15H2/b7-5-/t16-,17+,18-,19-/m0/s1. The Kier molecular flexibility index (Phi) is 6.19. The van der Waals surface area contributed by atoms with Crippen molar-refractivity contribution in [1.82, 2.24) is 5.32 Å². The molecule has 1 saturated heterocycles. The molecule has 0 aromatic heterocycles. The van der Waals surface area contributed by atoms with Crippen LogP contribution in [0.5, 0.6) is 0 Å². The van der Waals surface area contributed by atoms with Gasteiger partial charge in [0.25, 0.3) is 0 Å². The highest BCUT2D eigenvalue weighted by molar-refractivity contribution is 5.09. The Morgan fingerprint density at radius 2 is 2.15 bits per heavy atom. The number of fused-ring (bicyclic) bond motifs is 1. The summed E-state index contributed by atoms with van der Waals surface area (Å²) in [7, 11) is 0. The summed E-state index contributed by atoms with van der Waals surface area (Å²) in [5.74, 6) is 4.30. The van der Waals surface area contributed by atoms with Crippen molar-refractivity contribution in [1.29, 1.82) is 0 Å². The fourth-order valence-electron chi connectivity index (χ4n) is 4.00. The van der Waals surface area contributed by atoms with Crippen molar-refractivity contribution in [2.75, 3.05) is 0 Å². The second-order valence-corrected chi connectivity index (χ2v) is 6.19. The van der Waals surface area contributed by atoms with Crippen LogP contribution in [0.3, 0.4) is 0 Å². The van der Waals surface area contributed by atoms with Crippen LogP contribution in [0, 0.1) is 24.2 Å². The Hall–Kier alpha value is -1.22. The van der Waals surface area contributed by atoms with E-state index in [2.05, 4.69) is 35.7 Å². The van der Waals surface area contributed by atoms with Gasteiger partial charge in [0.1, 0.15) is 0 Å². The molecule has 1 heteroatoms. The maximum atomic E-state index is 5.29. The summed E-state index contributed by atoms with van der Waals surface area (Å²) in [6.07, 6.45) is 21.7. The number of hydrogen-bond acceptors (Lipinski definition) is 1. The number of hydrogen-bond donors (Lipinski definition) is 1. The van der Waals surface area contributed by atoms with Crippen LogP contribution in [0.25, 0.3) is 0 Å². The molecule has 2 aliphatic rings. The lowest BCUT2D eigenvalue weighted by Gasteiger charge is -2.44. The molecular weight excluding hydrogens is 242 g/mol. The third kappa shape index (κ3) is 4.14. The van der Waals surface area contributed by atoms with E-state index in [0.29, 0.717) is 6.04 Å². The molecule has 2 rings (SSSR count). The first kappa shape index (κ1) is 15.2. The summed E-state index contributed by atoms with van der Waals surface area (Å²) in [5, 5.41) is 3.90. The Balaban J connectivity index is 1.85. The molecule has 1 saturated carbocycles. The molecule has 1 N–H and O–H groups in total. The van der Waals surface area contributed by atoms with E-state index in [9.17, 15) is 0 Å². The van der Waals surface area contributed by atoms with Gasteiger partial charge in [0, 0.05) is 12.1 Å². The molecule has 0 unspecified atom stereocenters. The number of rotatable bonds is 5. The fourth-order valence-corrected chi connectivity index (χ4v) is 4.00. The smallest absolute Gasteiger partial charge is 0.0101 e. The molecule has 1 heterocycles. The fraction of sp³-hybridized carbons (Fsp3) is 0.632. The van der Waals surface area contributed by atoms with Gasteiger partial charge in [-0.25, -0.2) is 0 Å². The van der Waals surface area contributed by atoms with Crippen LogP contribution < -0.4 is 5.32 Å². The van der Waals surface area contributed by atoms with Crippen LogP contribution in [0.2, 0.25) is 0 Å².